The summed E-state index contributed by atoms with van der Waals surface area (Å²) in [6.07, 6.45) is 9.09. The Morgan fingerprint density at radius 1 is 1.08 bits per heavy atom. The van der Waals surface area contributed by atoms with E-state index in [0.717, 1.165) is 91.6 Å². The Labute approximate surface area is 248 Å². The number of benzene rings is 1. The maximum Gasteiger partial charge on any atom is 0.222 e. The van der Waals surface area contributed by atoms with Crippen molar-refractivity contribution < 1.29 is 9.90 Å². The van der Waals surface area contributed by atoms with Gasteiger partial charge in [0.1, 0.15) is 0 Å². The molecule has 2 atom stereocenters. The summed E-state index contributed by atoms with van der Waals surface area (Å²) >= 11 is 13.9. The summed E-state index contributed by atoms with van der Waals surface area (Å²) in [6, 6.07) is 6.37. The van der Waals surface area contributed by atoms with Gasteiger partial charge in [-0.25, -0.2) is 0 Å². The maximum atomic E-state index is 13.3. The predicted molar refractivity (Wildman–Crippen MR) is 160 cm³/mol. The molecule has 1 unspecified atom stereocenters. The zero-order valence-electron chi connectivity index (χ0n) is 22.1. The fourth-order valence-electron chi connectivity index (χ4n) is 6.69. The van der Waals surface area contributed by atoms with E-state index in [9.17, 15) is 9.90 Å². The lowest BCUT2D eigenvalue weighted by Gasteiger charge is -2.38. The number of hydrogen-bond acceptors (Lipinski definition) is 4. The Kier molecular flexibility index (Phi) is 9.52. The quantitative estimate of drug-likeness (QED) is 0.377. The number of amides is 1. The molecule has 8 heteroatoms. The minimum Gasteiger partial charge on any atom is -0.392 e. The van der Waals surface area contributed by atoms with Crippen LogP contribution in [0.3, 0.4) is 0 Å². The average molecular weight is 668 g/mol. The van der Waals surface area contributed by atoms with Crippen LogP contribution >= 0.6 is 43.5 Å². The fraction of sp³-hybridized carbons (Fsp3) is 0.600. The van der Waals surface area contributed by atoms with Crippen molar-refractivity contribution in [2.75, 3.05) is 32.7 Å². The number of rotatable bonds is 6. The first-order valence-electron chi connectivity index (χ1n) is 14.1. The summed E-state index contributed by atoms with van der Waals surface area (Å²) in [4.78, 5) is 22.7. The van der Waals surface area contributed by atoms with Crippen molar-refractivity contribution in [1.82, 2.24) is 14.8 Å². The van der Waals surface area contributed by atoms with Gasteiger partial charge in [0.25, 0.3) is 0 Å². The molecule has 0 spiro atoms. The first-order chi connectivity index (χ1) is 18.3. The Morgan fingerprint density at radius 2 is 1.79 bits per heavy atom. The molecular weight excluding hydrogens is 630 g/mol. The SMILES string of the molecule is CCC(O)CN1CCC(CC(=O)N2CCC([C@H]3c4ncc(Br)cc4CCc4cc(Cl)cc(Br)c43)CC2)CC1. The van der Waals surface area contributed by atoms with E-state index >= 15 is 0 Å². The summed E-state index contributed by atoms with van der Waals surface area (Å²) < 4.78 is 2.09. The summed E-state index contributed by atoms with van der Waals surface area (Å²) in [5.41, 5.74) is 5.12. The number of hydrogen-bond donors (Lipinski definition) is 1. The number of carbonyl (C=O) groups excluding carboxylic acids is 1. The number of piperidine rings is 2. The molecule has 0 bridgehead atoms. The van der Waals surface area contributed by atoms with Gasteiger partial charge < -0.3 is 14.9 Å². The van der Waals surface area contributed by atoms with E-state index in [0.29, 0.717) is 24.2 Å². The maximum absolute atomic E-state index is 13.3. The Balaban J connectivity index is 1.25. The number of aromatic nitrogens is 1. The molecule has 1 aliphatic carbocycles. The van der Waals surface area contributed by atoms with Gasteiger partial charge in [-0.1, -0.05) is 34.5 Å². The Hall–Kier alpha value is -0.990. The molecule has 38 heavy (non-hydrogen) atoms. The summed E-state index contributed by atoms with van der Waals surface area (Å²) in [6.45, 7) is 6.38. The van der Waals surface area contributed by atoms with Gasteiger partial charge in [-0.2, -0.15) is 0 Å². The molecule has 2 aromatic rings. The van der Waals surface area contributed by atoms with Crippen LogP contribution in [-0.4, -0.2) is 64.6 Å². The van der Waals surface area contributed by atoms with Gasteiger partial charge in [-0.15, -0.1) is 0 Å². The third-order valence-corrected chi connectivity index (χ3v) is 10.2. The number of nitrogens with zero attached hydrogens (tertiary/aromatic N) is 3. The number of fused-ring (bicyclic) bond motifs is 2. The van der Waals surface area contributed by atoms with E-state index in [1.807, 2.05) is 19.2 Å². The number of likely N-dealkylation sites (tertiary alicyclic amines) is 2. The number of pyridine rings is 1. The van der Waals surface area contributed by atoms with Crippen LogP contribution in [0.2, 0.25) is 5.02 Å². The van der Waals surface area contributed by atoms with Crippen LogP contribution in [0.25, 0.3) is 0 Å². The third-order valence-electron chi connectivity index (χ3n) is 8.89. The Morgan fingerprint density at radius 3 is 2.50 bits per heavy atom. The minimum absolute atomic E-state index is 0.197. The summed E-state index contributed by atoms with van der Waals surface area (Å²) in [7, 11) is 0. The van der Waals surface area contributed by atoms with Crippen LogP contribution in [0.5, 0.6) is 0 Å². The van der Waals surface area contributed by atoms with Crippen LogP contribution in [0, 0.1) is 11.8 Å². The lowest BCUT2D eigenvalue weighted by atomic mass is 9.76. The van der Waals surface area contributed by atoms with E-state index in [2.05, 4.69) is 53.8 Å². The molecule has 3 heterocycles. The van der Waals surface area contributed by atoms with Crippen molar-refractivity contribution in [2.24, 2.45) is 11.8 Å². The predicted octanol–water partition coefficient (Wildman–Crippen LogP) is 6.60. The molecule has 5 nitrogen and oxygen atoms in total. The molecule has 3 aliphatic rings. The molecule has 5 rings (SSSR count). The van der Waals surface area contributed by atoms with Crippen molar-refractivity contribution >= 4 is 49.4 Å². The van der Waals surface area contributed by atoms with Gasteiger partial charge in [0.05, 0.1) is 11.8 Å². The molecule has 1 amide bonds. The molecule has 0 saturated carbocycles. The topological polar surface area (TPSA) is 56.7 Å². The van der Waals surface area contributed by atoms with Crippen LogP contribution in [-0.2, 0) is 17.6 Å². The highest BCUT2D eigenvalue weighted by Crippen LogP contribution is 2.46. The molecule has 0 radical (unpaired) electrons. The number of aliphatic hydroxyl groups is 1. The van der Waals surface area contributed by atoms with Crippen molar-refractivity contribution in [3.63, 3.8) is 0 Å². The van der Waals surface area contributed by atoms with Crippen LogP contribution < -0.4 is 0 Å². The van der Waals surface area contributed by atoms with Crippen molar-refractivity contribution in [3.8, 4) is 0 Å². The second-order valence-electron chi connectivity index (χ2n) is 11.4. The van der Waals surface area contributed by atoms with Crippen LogP contribution in [0.15, 0.2) is 33.3 Å². The van der Waals surface area contributed by atoms with Gasteiger partial charge >= 0.3 is 0 Å². The van der Waals surface area contributed by atoms with E-state index in [4.69, 9.17) is 16.6 Å². The van der Waals surface area contributed by atoms with E-state index < -0.39 is 0 Å². The highest BCUT2D eigenvalue weighted by Gasteiger charge is 2.36. The van der Waals surface area contributed by atoms with E-state index in [1.165, 1.54) is 22.4 Å². The smallest absolute Gasteiger partial charge is 0.222 e. The third kappa shape index (κ3) is 6.49. The molecular formula is C30H38Br2ClN3O2. The average Bonchev–Trinajstić information content (AvgIpc) is 3.06. The first-order valence-corrected chi connectivity index (χ1v) is 16.1. The molecule has 206 valence electrons. The van der Waals surface area contributed by atoms with Gasteiger partial charge in [-0.05, 0) is 121 Å². The summed E-state index contributed by atoms with van der Waals surface area (Å²) in [5.74, 6) is 1.39. The molecule has 1 N–H and O–H groups in total. The van der Waals surface area contributed by atoms with Crippen molar-refractivity contribution in [3.05, 3.63) is 60.7 Å². The van der Waals surface area contributed by atoms with Crippen LogP contribution in [0.4, 0.5) is 0 Å². The normalized spacial score (nSPS) is 22.0. The van der Waals surface area contributed by atoms with Gasteiger partial charge in [0.2, 0.25) is 5.91 Å². The number of halogens is 3. The molecule has 2 saturated heterocycles. The van der Waals surface area contributed by atoms with Crippen molar-refractivity contribution in [1.29, 1.82) is 0 Å². The second kappa shape index (κ2) is 12.7. The van der Waals surface area contributed by atoms with Gasteiger partial charge in [0.15, 0.2) is 0 Å². The van der Waals surface area contributed by atoms with Crippen LogP contribution in [0.1, 0.15) is 73.8 Å². The van der Waals surface area contributed by atoms with Gasteiger partial charge in [-0.3, -0.25) is 9.78 Å². The fourth-order valence-corrected chi connectivity index (χ4v) is 8.19. The second-order valence-corrected chi connectivity index (χ2v) is 13.6. The minimum atomic E-state index is -0.240. The molecule has 1 aromatic heterocycles. The number of aryl methyl sites for hydroxylation is 2. The molecule has 2 aliphatic heterocycles. The zero-order chi connectivity index (χ0) is 26.8. The number of carbonyl (C=O) groups is 1. The largest absolute Gasteiger partial charge is 0.392 e. The lowest BCUT2D eigenvalue weighted by Crippen LogP contribution is -2.43. The van der Waals surface area contributed by atoms with E-state index in [-0.39, 0.29) is 12.0 Å². The molecule has 1 aromatic carbocycles. The summed E-state index contributed by atoms with van der Waals surface area (Å²) in [5, 5.41) is 10.7. The Bertz CT molecular complexity index is 1150. The van der Waals surface area contributed by atoms with E-state index in [1.54, 1.807) is 0 Å². The zero-order valence-corrected chi connectivity index (χ0v) is 26.1. The number of aliphatic hydroxyl groups excluding tert-OH is 1. The first kappa shape index (κ1) is 28.5. The standard InChI is InChI=1S/C30H38Br2ClN3O2/c1-2-25(37)18-35-9-5-19(6-10-35)13-27(38)36-11-7-20(8-12-36)29-28-21(15-24(33)16-26(28)32)3-4-22-14-23(31)17-34-30(22)29/h14-17,19-20,25,29,37H,2-13,18H2,1H3/t25?,29-/m1/s1. The van der Waals surface area contributed by atoms with Crippen molar-refractivity contribution in [2.45, 2.75) is 70.3 Å². The number of β-amino-alcohol motifs (C(OH)–C–C–N with tert-alkyl or cyclic N) is 1. The molecule has 2 fully saturated rings. The highest BCUT2D eigenvalue weighted by molar-refractivity contribution is 9.10. The highest BCUT2D eigenvalue weighted by atomic mass is 79.9. The lowest BCUT2D eigenvalue weighted by molar-refractivity contribution is -0.134. The van der Waals surface area contributed by atoms with Gasteiger partial charge in [0, 0.05) is 52.1 Å². The monoisotopic (exact) mass is 665 g/mol.